The number of nitrogens with one attached hydrogen (secondary N) is 4. The predicted octanol–water partition coefficient (Wildman–Crippen LogP) is 2.63. The van der Waals surface area contributed by atoms with Gasteiger partial charge in [-0.05, 0) is 49.6 Å². The highest BCUT2D eigenvalue weighted by atomic mass is 16.2. The van der Waals surface area contributed by atoms with E-state index in [9.17, 15) is 9.59 Å². The molecule has 3 aromatic rings. The van der Waals surface area contributed by atoms with Crippen LogP contribution in [0.3, 0.4) is 0 Å². The summed E-state index contributed by atoms with van der Waals surface area (Å²) in [6.45, 7) is 6.55. The summed E-state index contributed by atoms with van der Waals surface area (Å²) in [4.78, 5) is 31.1. The lowest BCUT2D eigenvalue weighted by Gasteiger charge is -2.35. The summed E-state index contributed by atoms with van der Waals surface area (Å²) < 4.78 is 0. The number of amides is 2. The van der Waals surface area contributed by atoms with Gasteiger partial charge >= 0.3 is 0 Å². The Morgan fingerprint density at radius 1 is 0.857 bits per heavy atom. The molecule has 1 heterocycles. The zero-order valence-corrected chi connectivity index (χ0v) is 24.6. The second-order valence-corrected chi connectivity index (χ2v) is 10.9. The number of carbonyl (C=O) groups excluding carboxylic acids is 2. The second-order valence-electron chi connectivity index (χ2n) is 10.9. The minimum atomic E-state index is -0.701. The number of hydrogen-bond acceptors (Lipinski definition) is 6. The lowest BCUT2D eigenvalue weighted by molar-refractivity contribution is -0.129. The molecule has 1 aliphatic rings. The van der Waals surface area contributed by atoms with Crippen molar-refractivity contribution in [2.75, 3.05) is 38.1 Å². The van der Waals surface area contributed by atoms with Gasteiger partial charge in [-0.25, -0.2) is 0 Å². The largest absolute Gasteiger partial charge is 0.384 e. The van der Waals surface area contributed by atoms with Gasteiger partial charge in [-0.2, -0.15) is 0 Å². The number of hydrogen-bond donors (Lipinski definition) is 5. The van der Waals surface area contributed by atoms with Gasteiger partial charge < -0.3 is 31.5 Å². The Bertz CT molecular complexity index is 1320. The molecule has 0 spiro atoms. The molecule has 0 aliphatic carbocycles. The molecule has 222 valence electrons. The number of rotatable bonds is 13. The standard InChI is InChI=1S/C33H43N7O2/c1-24(32(41)37-22-26-12-15-27(16-13-26)31(34)35)38-33(42)29(17-14-25-8-4-3-5-9-25)36-23-28-10-6-7-11-30(28)40-20-18-39(2)19-21-40/h3-13,15-16,24,29,36H,14,17-23H2,1-2H3,(H3,34,35)(H,37,41)(H,38,42)/t24-,29+/m0/s1. The molecule has 9 heteroatoms. The fourth-order valence-electron chi connectivity index (χ4n) is 5.05. The van der Waals surface area contributed by atoms with E-state index < -0.39 is 12.1 Å². The van der Waals surface area contributed by atoms with E-state index in [0.29, 0.717) is 25.1 Å². The quantitative estimate of drug-likeness (QED) is 0.159. The maximum absolute atomic E-state index is 13.5. The lowest BCUT2D eigenvalue weighted by atomic mass is 10.0. The Hall–Kier alpha value is -4.21. The van der Waals surface area contributed by atoms with Crippen molar-refractivity contribution in [1.29, 1.82) is 5.41 Å². The topological polar surface area (TPSA) is 127 Å². The number of nitrogens with zero attached hydrogens (tertiary/aromatic N) is 2. The van der Waals surface area contributed by atoms with Crippen molar-refractivity contribution in [3.63, 3.8) is 0 Å². The molecule has 0 unspecified atom stereocenters. The smallest absolute Gasteiger partial charge is 0.242 e. The summed E-state index contributed by atoms with van der Waals surface area (Å²) in [5.41, 5.74) is 10.5. The molecule has 0 aromatic heterocycles. The molecule has 42 heavy (non-hydrogen) atoms. The number of aryl methyl sites for hydroxylation is 1. The van der Waals surface area contributed by atoms with Crippen LogP contribution in [0.5, 0.6) is 0 Å². The lowest BCUT2D eigenvalue weighted by Crippen LogP contribution is -2.51. The van der Waals surface area contributed by atoms with Crippen molar-refractivity contribution >= 4 is 23.3 Å². The number of amidine groups is 1. The number of carbonyl (C=O) groups is 2. The first kappa shape index (κ1) is 30.7. The maximum atomic E-state index is 13.5. The van der Waals surface area contributed by atoms with E-state index in [1.807, 2.05) is 36.4 Å². The Kier molecular flexibility index (Phi) is 11.1. The van der Waals surface area contributed by atoms with Gasteiger partial charge in [-0.3, -0.25) is 15.0 Å². The molecule has 6 N–H and O–H groups in total. The van der Waals surface area contributed by atoms with Crippen molar-refractivity contribution in [3.8, 4) is 0 Å². The average Bonchev–Trinajstić information content (AvgIpc) is 3.01. The number of para-hydroxylation sites is 1. The van der Waals surface area contributed by atoms with Crippen LogP contribution in [0.15, 0.2) is 78.9 Å². The molecule has 3 aromatic carbocycles. The molecule has 0 bridgehead atoms. The Labute approximate surface area is 249 Å². The fraction of sp³-hybridized carbons (Fsp3) is 0.364. The third kappa shape index (κ3) is 8.89. The average molecular weight is 570 g/mol. The van der Waals surface area contributed by atoms with E-state index >= 15 is 0 Å². The molecule has 4 rings (SSSR count). The fourth-order valence-corrected chi connectivity index (χ4v) is 5.05. The number of benzene rings is 3. The van der Waals surface area contributed by atoms with Crippen molar-refractivity contribution in [1.82, 2.24) is 20.9 Å². The van der Waals surface area contributed by atoms with Gasteiger partial charge in [0.15, 0.2) is 0 Å². The summed E-state index contributed by atoms with van der Waals surface area (Å²) in [5.74, 6) is -0.460. The second kappa shape index (κ2) is 15.1. The van der Waals surface area contributed by atoms with E-state index in [2.05, 4.69) is 63.1 Å². The van der Waals surface area contributed by atoms with Crippen LogP contribution in [0.1, 0.15) is 35.6 Å². The van der Waals surface area contributed by atoms with E-state index in [-0.39, 0.29) is 17.6 Å². The number of anilines is 1. The normalized spacial score (nSPS) is 15.0. The first-order valence-corrected chi connectivity index (χ1v) is 14.6. The first-order valence-electron chi connectivity index (χ1n) is 14.6. The van der Waals surface area contributed by atoms with Gasteiger partial charge in [-0.1, -0.05) is 72.8 Å². The molecule has 0 radical (unpaired) electrons. The van der Waals surface area contributed by atoms with Gasteiger partial charge in [-0.15, -0.1) is 0 Å². The zero-order valence-electron chi connectivity index (χ0n) is 24.6. The maximum Gasteiger partial charge on any atom is 0.242 e. The number of nitrogen functional groups attached to an aromatic ring is 1. The van der Waals surface area contributed by atoms with Crippen LogP contribution >= 0.6 is 0 Å². The first-order chi connectivity index (χ1) is 20.3. The molecule has 1 saturated heterocycles. The predicted molar refractivity (Wildman–Crippen MR) is 168 cm³/mol. The number of piperazine rings is 1. The number of nitrogens with two attached hydrogens (primary N) is 1. The Morgan fingerprint density at radius 2 is 1.52 bits per heavy atom. The van der Waals surface area contributed by atoms with E-state index in [1.54, 1.807) is 19.1 Å². The van der Waals surface area contributed by atoms with Gasteiger partial charge in [0.25, 0.3) is 0 Å². The summed E-state index contributed by atoms with van der Waals surface area (Å²) in [6.07, 6.45) is 1.34. The Balaban J connectivity index is 1.37. The van der Waals surface area contributed by atoms with Crippen molar-refractivity contribution in [3.05, 3.63) is 101 Å². The molecule has 0 saturated carbocycles. The van der Waals surface area contributed by atoms with Crippen molar-refractivity contribution < 1.29 is 9.59 Å². The highest BCUT2D eigenvalue weighted by molar-refractivity contribution is 5.95. The zero-order chi connectivity index (χ0) is 29.9. The molecule has 1 fully saturated rings. The molecular formula is C33H43N7O2. The van der Waals surface area contributed by atoms with Crippen molar-refractivity contribution in [2.45, 2.75) is 44.9 Å². The Morgan fingerprint density at radius 3 is 2.21 bits per heavy atom. The minimum Gasteiger partial charge on any atom is -0.384 e. The molecular weight excluding hydrogens is 526 g/mol. The summed E-state index contributed by atoms with van der Waals surface area (Å²) in [7, 11) is 2.15. The van der Waals surface area contributed by atoms with Gasteiger partial charge in [0.1, 0.15) is 11.9 Å². The third-order valence-electron chi connectivity index (χ3n) is 7.74. The molecule has 9 nitrogen and oxygen atoms in total. The molecule has 2 atom stereocenters. The summed E-state index contributed by atoms with van der Waals surface area (Å²) in [5, 5.41) is 16.8. The van der Waals surface area contributed by atoms with E-state index in [1.165, 1.54) is 5.69 Å². The van der Waals surface area contributed by atoms with Crippen LogP contribution in [0.2, 0.25) is 0 Å². The van der Waals surface area contributed by atoms with E-state index in [4.69, 9.17) is 11.1 Å². The van der Waals surface area contributed by atoms with Gasteiger partial charge in [0.05, 0.1) is 6.04 Å². The van der Waals surface area contributed by atoms with Gasteiger partial charge in [0, 0.05) is 50.5 Å². The summed E-state index contributed by atoms with van der Waals surface area (Å²) in [6, 6.07) is 24.5. The van der Waals surface area contributed by atoms with Crippen molar-refractivity contribution in [2.24, 2.45) is 5.73 Å². The highest BCUT2D eigenvalue weighted by Crippen LogP contribution is 2.22. The molecule has 2 amide bonds. The van der Waals surface area contributed by atoms with Crippen LogP contribution in [0.25, 0.3) is 0 Å². The third-order valence-corrected chi connectivity index (χ3v) is 7.74. The number of likely N-dealkylation sites (N-methyl/N-ethyl adjacent to an activating group) is 1. The SMILES string of the molecule is C[C@H](NC(=O)[C@@H](CCc1ccccc1)NCc1ccccc1N1CCN(C)CC1)C(=O)NCc1ccc(C(=N)N)cc1. The highest BCUT2D eigenvalue weighted by Gasteiger charge is 2.24. The summed E-state index contributed by atoms with van der Waals surface area (Å²) >= 11 is 0. The van der Waals surface area contributed by atoms with Gasteiger partial charge in [0.2, 0.25) is 11.8 Å². The van der Waals surface area contributed by atoms with E-state index in [0.717, 1.165) is 49.3 Å². The van der Waals surface area contributed by atoms with Crippen LogP contribution in [0, 0.1) is 5.41 Å². The van der Waals surface area contributed by atoms with Crippen LogP contribution in [-0.4, -0.2) is 67.9 Å². The van der Waals surface area contributed by atoms with Crippen LogP contribution in [0.4, 0.5) is 5.69 Å². The van der Waals surface area contributed by atoms with Crippen LogP contribution < -0.4 is 26.6 Å². The van der Waals surface area contributed by atoms with Crippen LogP contribution in [-0.2, 0) is 29.1 Å². The molecule has 1 aliphatic heterocycles. The minimum absolute atomic E-state index is 0.000153. The monoisotopic (exact) mass is 569 g/mol.